The molecule has 0 saturated carbocycles. The molecule has 2 fully saturated rings. The third-order valence-corrected chi connectivity index (χ3v) is 6.30. The van der Waals surface area contributed by atoms with Crippen molar-refractivity contribution >= 4 is 54.5 Å². The van der Waals surface area contributed by atoms with E-state index >= 15 is 0 Å². The third-order valence-electron chi connectivity index (χ3n) is 6.06. The van der Waals surface area contributed by atoms with E-state index in [1.165, 1.54) is 5.69 Å². The van der Waals surface area contributed by atoms with Crippen LogP contribution in [-0.4, -0.2) is 78.8 Å². The van der Waals surface area contributed by atoms with Gasteiger partial charge in [-0.05, 0) is 29.8 Å². The number of aliphatic hydroxyl groups is 2. The van der Waals surface area contributed by atoms with Crippen molar-refractivity contribution < 1.29 is 14.9 Å². The summed E-state index contributed by atoms with van der Waals surface area (Å²) in [5, 5.41) is 24.6. The van der Waals surface area contributed by atoms with E-state index in [0.29, 0.717) is 13.1 Å². The largest absolute Gasteiger partial charge is 0.394 e. The highest BCUT2D eigenvalue weighted by atomic mass is 35.5. The molecule has 33 heavy (non-hydrogen) atoms. The summed E-state index contributed by atoms with van der Waals surface area (Å²) in [4.78, 5) is 4.68. The first-order valence-electron chi connectivity index (χ1n) is 10.6. The summed E-state index contributed by atoms with van der Waals surface area (Å²) in [6.07, 6.45) is -1.42. The van der Waals surface area contributed by atoms with Gasteiger partial charge >= 0.3 is 0 Å². The second-order valence-corrected chi connectivity index (χ2v) is 8.43. The van der Waals surface area contributed by atoms with E-state index in [4.69, 9.17) is 16.3 Å². The third kappa shape index (κ3) is 7.59. The number of rotatable bonds is 7. The molecule has 2 aliphatic rings. The standard InChI is InChI=1S/C23H30ClN3O3.3ClH/c24-18-6-4-5-17(13-18)14-25-15-20-22(23(29)21(16-28)30-20)27-11-9-26(10-12-27)19-7-2-1-3-8-19;;;/h1-8,13,20-23,25,28-29H,9-12,14-16H2;3*1H/t20-,21+,22+,23-;;;/m1.../s1. The van der Waals surface area contributed by atoms with E-state index in [2.05, 4.69) is 39.4 Å². The van der Waals surface area contributed by atoms with Crippen molar-refractivity contribution in [3.63, 3.8) is 0 Å². The average molecular weight is 541 g/mol. The fourth-order valence-electron chi connectivity index (χ4n) is 4.52. The summed E-state index contributed by atoms with van der Waals surface area (Å²) in [6.45, 7) is 4.61. The molecule has 2 aromatic carbocycles. The van der Waals surface area contributed by atoms with Gasteiger partial charge in [-0.15, -0.1) is 37.2 Å². The van der Waals surface area contributed by atoms with Gasteiger partial charge < -0.3 is 25.2 Å². The molecule has 186 valence electrons. The van der Waals surface area contributed by atoms with Crippen LogP contribution in [0.1, 0.15) is 5.56 Å². The van der Waals surface area contributed by atoms with Crippen LogP contribution in [0.25, 0.3) is 0 Å². The maximum atomic E-state index is 10.8. The smallest absolute Gasteiger partial charge is 0.109 e. The number of halogens is 4. The molecular weight excluding hydrogens is 508 g/mol. The number of para-hydroxylation sites is 1. The highest BCUT2D eigenvalue weighted by Gasteiger charge is 2.46. The van der Waals surface area contributed by atoms with Crippen LogP contribution in [-0.2, 0) is 11.3 Å². The molecule has 2 aliphatic heterocycles. The lowest BCUT2D eigenvalue weighted by atomic mass is 10.0. The molecule has 10 heteroatoms. The summed E-state index contributed by atoms with van der Waals surface area (Å²) in [5.74, 6) is 0. The van der Waals surface area contributed by atoms with E-state index < -0.39 is 12.2 Å². The molecule has 4 atom stereocenters. The van der Waals surface area contributed by atoms with Crippen LogP contribution < -0.4 is 10.2 Å². The van der Waals surface area contributed by atoms with Gasteiger partial charge in [0.2, 0.25) is 0 Å². The summed E-state index contributed by atoms with van der Waals surface area (Å²) in [5.41, 5.74) is 2.33. The normalized spacial score (nSPS) is 25.0. The van der Waals surface area contributed by atoms with Crippen molar-refractivity contribution in [1.82, 2.24) is 10.2 Å². The van der Waals surface area contributed by atoms with Crippen molar-refractivity contribution in [2.45, 2.75) is 30.9 Å². The first-order chi connectivity index (χ1) is 14.7. The van der Waals surface area contributed by atoms with Gasteiger partial charge in [-0.3, -0.25) is 4.90 Å². The van der Waals surface area contributed by atoms with Crippen molar-refractivity contribution in [2.75, 3.05) is 44.2 Å². The van der Waals surface area contributed by atoms with Gasteiger partial charge in [0.05, 0.1) is 18.8 Å². The van der Waals surface area contributed by atoms with Crippen LogP contribution in [0.5, 0.6) is 0 Å². The number of nitrogens with one attached hydrogen (secondary N) is 1. The highest BCUT2D eigenvalue weighted by Crippen LogP contribution is 2.27. The molecule has 0 aliphatic carbocycles. The Bertz CT molecular complexity index is 813. The average Bonchev–Trinajstić information content (AvgIpc) is 3.10. The zero-order valence-corrected chi connectivity index (χ0v) is 21.5. The number of nitrogens with zero attached hydrogens (tertiary/aromatic N) is 2. The van der Waals surface area contributed by atoms with Crippen molar-refractivity contribution in [1.29, 1.82) is 0 Å². The molecule has 0 aromatic heterocycles. The molecule has 2 aromatic rings. The lowest BCUT2D eigenvalue weighted by molar-refractivity contribution is -0.0213. The Hall–Kier alpha value is -0.800. The zero-order valence-electron chi connectivity index (χ0n) is 18.3. The van der Waals surface area contributed by atoms with Gasteiger partial charge in [0, 0.05) is 50.0 Å². The number of anilines is 1. The Balaban J connectivity index is 0.00000181. The predicted molar refractivity (Wildman–Crippen MR) is 141 cm³/mol. The Morgan fingerprint density at radius 1 is 0.939 bits per heavy atom. The minimum atomic E-state index is -0.698. The van der Waals surface area contributed by atoms with Crippen molar-refractivity contribution in [2.24, 2.45) is 0 Å². The molecule has 0 unspecified atom stereocenters. The first kappa shape index (κ1) is 30.2. The number of hydrogen-bond acceptors (Lipinski definition) is 6. The number of benzene rings is 2. The summed E-state index contributed by atoms with van der Waals surface area (Å²) >= 11 is 6.06. The molecule has 0 radical (unpaired) electrons. The highest BCUT2D eigenvalue weighted by molar-refractivity contribution is 6.30. The second-order valence-electron chi connectivity index (χ2n) is 8.00. The van der Waals surface area contributed by atoms with Gasteiger partial charge in [0.1, 0.15) is 12.2 Å². The fraction of sp³-hybridized carbons (Fsp3) is 0.478. The van der Waals surface area contributed by atoms with Gasteiger partial charge in [-0.1, -0.05) is 41.9 Å². The quantitative estimate of drug-likeness (QED) is 0.501. The van der Waals surface area contributed by atoms with Crippen LogP contribution in [0.4, 0.5) is 5.69 Å². The Labute approximate surface area is 219 Å². The molecule has 2 heterocycles. The van der Waals surface area contributed by atoms with Gasteiger partial charge in [0.25, 0.3) is 0 Å². The van der Waals surface area contributed by atoms with E-state index in [9.17, 15) is 10.2 Å². The molecule has 0 spiro atoms. The predicted octanol–water partition coefficient (Wildman–Crippen LogP) is 3.01. The molecule has 0 amide bonds. The Morgan fingerprint density at radius 2 is 1.64 bits per heavy atom. The van der Waals surface area contributed by atoms with Crippen molar-refractivity contribution in [3.8, 4) is 0 Å². The molecule has 4 rings (SSSR count). The lowest BCUT2D eigenvalue weighted by Crippen LogP contribution is -2.57. The summed E-state index contributed by atoms with van der Waals surface area (Å²) in [6, 6.07) is 18.0. The van der Waals surface area contributed by atoms with Crippen LogP contribution in [0.2, 0.25) is 5.02 Å². The van der Waals surface area contributed by atoms with E-state index in [-0.39, 0.29) is 56.0 Å². The monoisotopic (exact) mass is 539 g/mol. The summed E-state index contributed by atoms with van der Waals surface area (Å²) < 4.78 is 6.02. The van der Waals surface area contributed by atoms with E-state index in [1.807, 2.05) is 30.3 Å². The van der Waals surface area contributed by atoms with E-state index in [1.54, 1.807) is 0 Å². The van der Waals surface area contributed by atoms with Gasteiger partial charge in [-0.25, -0.2) is 0 Å². The Kier molecular flexibility index (Phi) is 13.3. The number of aliphatic hydroxyl groups excluding tert-OH is 2. The fourth-order valence-corrected chi connectivity index (χ4v) is 4.73. The topological polar surface area (TPSA) is 68.2 Å². The molecule has 3 N–H and O–H groups in total. The summed E-state index contributed by atoms with van der Waals surface area (Å²) in [7, 11) is 0. The first-order valence-corrected chi connectivity index (χ1v) is 11.0. The van der Waals surface area contributed by atoms with Crippen LogP contribution >= 0.6 is 48.8 Å². The Morgan fingerprint density at radius 3 is 2.27 bits per heavy atom. The molecule has 2 saturated heterocycles. The van der Waals surface area contributed by atoms with Gasteiger partial charge in [0.15, 0.2) is 0 Å². The lowest BCUT2D eigenvalue weighted by Gasteiger charge is -2.41. The second kappa shape index (κ2) is 14.6. The maximum Gasteiger partial charge on any atom is 0.109 e. The number of ether oxygens (including phenoxy) is 1. The minimum absolute atomic E-state index is 0. The number of hydrogen-bond donors (Lipinski definition) is 3. The molecule has 0 bridgehead atoms. The van der Waals surface area contributed by atoms with Crippen LogP contribution in [0.3, 0.4) is 0 Å². The van der Waals surface area contributed by atoms with Gasteiger partial charge in [-0.2, -0.15) is 0 Å². The molecular formula is C23H33Cl4N3O3. The zero-order chi connectivity index (χ0) is 20.9. The van der Waals surface area contributed by atoms with E-state index in [0.717, 1.165) is 36.8 Å². The number of piperazine rings is 1. The SMILES string of the molecule is Cl.Cl.Cl.OC[C@@H]1O[C@H](CNCc2cccc(Cl)c2)[C@H](N2CCN(c3ccccc3)CC2)[C@@H]1O. The van der Waals surface area contributed by atoms with Crippen LogP contribution in [0, 0.1) is 0 Å². The van der Waals surface area contributed by atoms with Crippen LogP contribution in [0.15, 0.2) is 54.6 Å². The molecule has 6 nitrogen and oxygen atoms in total. The minimum Gasteiger partial charge on any atom is -0.394 e. The van der Waals surface area contributed by atoms with Crippen molar-refractivity contribution in [3.05, 3.63) is 65.2 Å². The maximum absolute atomic E-state index is 10.8.